The number of carbonyl (C=O) groups is 1. The van der Waals surface area contributed by atoms with E-state index in [4.69, 9.17) is 4.74 Å². The van der Waals surface area contributed by atoms with Gasteiger partial charge in [0.2, 0.25) is 11.0 Å². The zero-order valence-corrected chi connectivity index (χ0v) is 21.9. The molecule has 34 heavy (non-hydrogen) atoms. The zero-order valence-electron chi connectivity index (χ0n) is 18.6. The molecule has 0 aliphatic heterocycles. The summed E-state index contributed by atoms with van der Waals surface area (Å²) >= 11 is 4.16. The lowest BCUT2D eigenvalue weighted by Crippen LogP contribution is -2.38. The van der Waals surface area contributed by atoms with Gasteiger partial charge in [0.05, 0.1) is 17.2 Å². The van der Waals surface area contributed by atoms with Crippen LogP contribution in [0.25, 0.3) is 0 Å². The van der Waals surface area contributed by atoms with Crippen LogP contribution < -0.4 is 14.4 Å². The Hall–Kier alpha value is -2.54. The molecule has 3 rings (SSSR count). The molecule has 1 N–H and O–H groups in total. The molecule has 0 unspecified atom stereocenters. The lowest BCUT2D eigenvalue weighted by atomic mass is 10.3. The summed E-state index contributed by atoms with van der Waals surface area (Å²) in [6.07, 6.45) is 3.65. The van der Waals surface area contributed by atoms with Crippen molar-refractivity contribution >= 4 is 61.6 Å². The van der Waals surface area contributed by atoms with Crippen molar-refractivity contribution in [3.63, 3.8) is 0 Å². The number of thioether (sulfide) groups is 2. The van der Waals surface area contributed by atoms with Crippen LogP contribution in [0.3, 0.4) is 0 Å². The first-order chi connectivity index (χ1) is 16.4. The summed E-state index contributed by atoms with van der Waals surface area (Å²) < 4.78 is 34.7. The fourth-order valence-corrected chi connectivity index (χ4v) is 6.22. The second-order valence-electron chi connectivity index (χ2n) is 6.61. The fourth-order valence-electron chi connectivity index (χ4n) is 2.85. The van der Waals surface area contributed by atoms with Gasteiger partial charge in [-0.2, -0.15) is 0 Å². The Bertz CT molecular complexity index is 1230. The molecule has 0 bridgehead atoms. The smallest absolute Gasteiger partial charge is 0.264 e. The summed E-state index contributed by atoms with van der Waals surface area (Å²) in [7, 11) is -4.08. The summed E-state index contributed by atoms with van der Waals surface area (Å²) in [5.41, 5.74) is 0.271. The van der Waals surface area contributed by atoms with Gasteiger partial charge >= 0.3 is 0 Å². The minimum Gasteiger partial charge on any atom is -0.492 e. The van der Waals surface area contributed by atoms with Crippen LogP contribution in [0.5, 0.6) is 5.75 Å². The van der Waals surface area contributed by atoms with Crippen molar-refractivity contribution in [3.8, 4) is 5.75 Å². The van der Waals surface area contributed by atoms with Crippen LogP contribution in [0, 0.1) is 0 Å². The van der Waals surface area contributed by atoms with E-state index in [0.717, 1.165) is 9.20 Å². The van der Waals surface area contributed by atoms with Crippen LogP contribution in [0.1, 0.15) is 6.92 Å². The number of ether oxygens (including phenoxy) is 1. The fraction of sp³-hybridized carbons (Fsp3) is 0.227. The molecule has 1 amide bonds. The molecular formula is C22H24N4O4S4. The number of carbonyl (C=O) groups excluding carboxylic acids is 1. The molecule has 0 atom stereocenters. The highest BCUT2D eigenvalue weighted by molar-refractivity contribution is 8.01. The Labute approximate surface area is 211 Å². The number of anilines is 2. The Balaban J connectivity index is 1.92. The van der Waals surface area contributed by atoms with E-state index in [1.165, 1.54) is 47.0 Å². The number of sulfonamides is 1. The molecule has 3 aromatic rings. The Kier molecular flexibility index (Phi) is 9.39. The number of rotatable bonds is 12. The van der Waals surface area contributed by atoms with E-state index < -0.39 is 22.5 Å². The molecule has 12 heteroatoms. The molecule has 1 heterocycles. The summed E-state index contributed by atoms with van der Waals surface area (Å²) in [5, 5.41) is 10.9. The molecule has 0 radical (unpaired) electrons. The molecule has 2 aromatic carbocycles. The third-order valence-corrected chi connectivity index (χ3v) is 8.83. The van der Waals surface area contributed by atoms with E-state index in [1.54, 1.807) is 49.4 Å². The van der Waals surface area contributed by atoms with Gasteiger partial charge in [0.1, 0.15) is 12.3 Å². The topological polar surface area (TPSA) is 101 Å². The summed E-state index contributed by atoms with van der Waals surface area (Å²) in [6.45, 7) is 5.34. The number of para-hydroxylation sites is 2. The van der Waals surface area contributed by atoms with E-state index in [-0.39, 0.29) is 15.7 Å². The average Bonchev–Trinajstić information content (AvgIpc) is 3.29. The van der Waals surface area contributed by atoms with Gasteiger partial charge in [-0.25, -0.2) is 8.42 Å². The molecule has 1 aromatic heterocycles. The molecule has 0 aliphatic carbocycles. The van der Waals surface area contributed by atoms with Crippen molar-refractivity contribution in [2.75, 3.05) is 34.8 Å². The van der Waals surface area contributed by atoms with E-state index in [9.17, 15) is 13.2 Å². The van der Waals surface area contributed by atoms with E-state index in [0.29, 0.717) is 22.4 Å². The average molecular weight is 537 g/mol. The molecule has 0 saturated carbocycles. The number of amides is 1. The van der Waals surface area contributed by atoms with Gasteiger partial charge in [-0.05, 0) is 49.6 Å². The zero-order chi connectivity index (χ0) is 24.6. The van der Waals surface area contributed by atoms with Crippen molar-refractivity contribution in [1.29, 1.82) is 0 Å². The molecule has 8 nitrogen and oxygen atoms in total. The Morgan fingerprint density at radius 1 is 1.21 bits per heavy atom. The minimum absolute atomic E-state index is 0.0726. The highest BCUT2D eigenvalue weighted by Gasteiger charge is 2.29. The first-order valence-corrected chi connectivity index (χ1v) is 14.6. The normalized spacial score (nSPS) is 11.1. The van der Waals surface area contributed by atoms with Crippen LogP contribution in [0.15, 0.2) is 75.3 Å². The van der Waals surface area contributed by atoms with Gasteiger partial charge in [-0.1, -0.05) is 41.3 Å². The van der Waals surface area contributed by atoms with Crippen LogP contribution in [0.2, 0.25) is 0 Å². The van der Waals surface area contributed by atoms with E-state index in [2.05, 4.69) is 22.1 Å². The van der Waals surface area contributed by atoms with Gasteiger partial charge in [0.15, 0.2) is 4.34 Å². The molecule has 0 fully saturated rings. The monoisotopic (exact) mass is 536 g/mol. The van der Waals surface area contributed by atoms with Crippen molar-refractivity contribution in [3.05, 3.63) is 61.2 Å². The standard InChI is InChI=1S/C22H24N4O4S4/c1-4-14-32-22-25-24-21(33-22)23-20(27)15-26(18-8-6-7-9-19(18)30-5-2)34(28,29)17-12-10-16(31-3)11-13-17/h4,6-13H,1,5,14-15H2,2-3H3,(H,23,24,27). The van der Waals surface area contributed by atoms with Crippen molar-refractivity contribution < 1.29 is 17.9 Å². The lowest BCUT2D eigenvalue weighted by molar-refractivity contribution is -0.114. The number of benzene rings is 2. The lowest BCUT2D eigenvalue weighted by Gasteiger charge is -2.25. The quantitative estimate of drug-likeness (QED) is 0.201. The maximum atomic E-state index is 13.6. The predicted molar refractivity (Wildman–Crippen MR) is 140 cm³/mol. The first-order valence-electron chi connectivity index (χ1n) is 10.1. The van der Waals surface area contributed by atoms with Crippen molar-refractivity contribution in [2.45, 2.75) is 21.1 Å². The highest BCUT2D eigenvalue weighted by Crippen LogP contribution is 2.33. The molecular weight excluding hydrogens is 513 g/mol. The van der Waals surface area contributed by atoms with Crippen molar-refractivity contribution in [2.24, 2.45) is 0 Å². The minimum atomic E-state index is -4.08. The second-order valence-corrected chi connectivity index (χ2v) is 11.6. The Morgan fingerprint density at radius 3 is 2.62 bits per heavy atom. The van der Waals surface area contributed by atoms with Gasteiger partial charge in [-0.3, -0.25) is 14.4 Å². The van der Waals surface area contributed by atoms with Gasteiger partial charge in [0.25, 0.3) is 10.0 Å². The first kappa shape index (κ1) is 26.1. The third-order valence-electron chi connectivity index (χ3n) is 4.35. The number of hydrogen-bond acceptors (Lipinski definition) is 9. The maximum Gasteiger partial charge on any atom is 0.264 e. The van der Waals surface area contributed by atoms with Crippen LogP contribution in [0.4, 0.5) is 10.8 Å². The van der Waals surface area contributed by atoms with Crippen LogP contribution in [-0.4, -0.2) is 49.7 Å². The largest absolute Gasteiger partial charge is 0.492 e. The second kappa shape index (κ2) is 12.2. The summed E-state index contributed by atoms with van der Waals surface area (Å²) in [4.78, 5) is 13.9. The van der Waals surface area contributed by atoms with E-state index in [1.807, 2.05) is 6.26 Å². The van der Waals surface area contributed by atoms with Crippen LogP contribution in [-0.2, 0) is 14.8 Å². The Morgan fingerprint density at radius 2 is 1.94 bits per heavy atom. The van der Waals surface area contributed by atoms with Gasteiger partial charge in [0, 0.05) is 10.6 Å². The van der Waals surface area contributed by atoms with Crippen LogP contribution >= 0.6 is 34.9 Å². The number of nitrogens with one attached hydrogen (secondary N) is 1. The maximum absolute atomic E-state index is 13.6. The number of nitrogens with zero attached hydrogens (tertiary/aromatic N) is 3. The van der Waals surface area contributed by atoms with E-state index >= 15 is 0 Å². The molecule has 0 aliphatic rings. The number of aromatic nitrogens is 2. The van der Waals surface area contributed by atoms with Gasteiger partial charge < -0.3 is 4.74 Å². The third kappa shape index (κ3) is 6.53. The van der Waals surface area contributed by atoms with Gasteiger partial charge in [-0.15, -0.1) is 28.5 Å². The summed E-state index contributed by atoms with van der Waals surface area (Å²) in [5.74, 6) is 0.478. The predicted octanol–water partition coefficient (Wildman–Crippen LogP) is 4.77. The highest BCUT2D eigenvalue weighted by atomic mass is 32.2. The van der Waals surface area contributed by atoms with Crippen molar-refractivity contribution in [1.82, 2.24) is 10.2 Å². The summed E-state index contributed by atoms with van der Waals surface area (Å²) in [6, 6.07) is 13.2. The SMILES string of the molecule is C=CCSc1nnc(NC(=O)CN(c2ccccc2OCC)S(=O)(=O)c2ccc(SC)cc2)s1. The molecule has 180 valence electrons. The molecule has 0 spiro atoms. The number of hydrogen-bond donors (Lipinski definition) is 1. The molecule has 0 saturated heterocycles.